The zero-order chi connectivity index (χ0) is 15.4. The van der Waals surface area contributed by atoms with E-state index in [0.29, 0.717) is 15.7 Å². The molecule has 0 unspecified atom stereocenters. The predicted molar refractivity (Wildman–Crippen MR) is 85.1 cm³/mol. The van der Waals surface area contributed by atoms with Crippen molar-refractivity contribution in [2.75, 3.05) is 11.1 Å². The van der Waals surface area contributed by atoms with Gasteiger partial charge in [0.25, 0.3) is 5.91 Å². The SMILES string of the molecule is CCc1nnc(NC(=O)c2cc(N)ccc2Br)nc1CC. The molecule has 0 aliphatic rings. The fraction of sp³-hybridized carbons (Fsp3) is 0.286. The number of nitrogens with zero attached hydrogens (tertiary/aromatic N) is 3. The highest BCUT2D eigenvalue weighted by molar-refractivity contribution is 9.10. The number of carbonyl (C=O) groups is 1. The summed E-state index contributed by atoms with van der Waals surface area (Å²) in [4.78, 5) is 16.6. The van der Waals surface area contributed by atoms with E-state index in [1.165, 1.54) is 0 Å². The van der Waals surface area contributed by atoms with E-state index in [1.807, 2.05) is 13.8 Å². The van der Waals surface area contributed by atoms with Crippen molar-refractivity contribution in [3.63, 3.8) is 0 Å². The smallest absolute Gasteiger partial charge is 0.259 e. The normalized spacial score (nSPS) is 10.4. The van der Waals surface area contributed by atoms with Gasteiger partial charge in [-0.2, -0.15) is 0 Å². The third-order valence-electron chi connectivity index (χ3n) is 2.97. The second-order valence-electron chi connectivity index (χ2n) is 4.43. The highest BCUT2D eigenvalue weighted by Gasteiger charge is 2.13. The molecule has 21 heavy (non-hydrogen) atoms. The van der Waals surface area contributed by atoms with Crippen molar-refractivity contribution >= 4 is 33.5 Å². The predicted octanol–water partition coefficient (Wildman–Crippen LogP) is 2.59. The quantitative estimate of drug-likeness (QED) is 0.827. The second kappa shape index (κ2) is 6.62. The summed E-state index contributed by atoms with van der Waals surface area (Å²) in [6.45, 7) is 3.98. The Hall–Kier alpha value is -2.02. The van der Waals surface area contributed by atoms with Crippen LogP contribution in [0.1, 0.15) is 35.6 Å². The molecule has 3 N–H and O–H groups in total. The lowest BCUT2D eigenvalue weighted by molar-refractivity contribution is 0.102. The third kappa shape index (κ3) is 3.55. The van der Waals surface area contributed by atoms with Gasteiger partial charge in [-0.15, -0.1) is 10.2 Å². The molecule has 6 nitrogen and oxygen atoms in total. The molecule has 1 aromatic heterocycles. The minimum atomic E-state index is -0.331. The summed E-state index contributed by atoms with van der Waals surface area (Å²) < 4.78 is 0.656. The zero-order valence-electron chi connectivity index (χ0n) is 11.9. The van der Waals surface area contributed by atoms with Crippen LogP contribution in [0.15, 0.2) is 22.7 Å². The number of anilines is 2. The first-order valence-electron chi connectivity index (χ1n) is 6.64. The van der Waals surface area contributed by atoms with E-state index in [-0.39, 0.29) is 11.9 Å². The van der Waals surface area contributed by atoms with Crippen LogP contribution in [0.4, 0.5) is 11.6 Å². The molecule has 0 aliphatic carbocycles. The molecule has 110 valence electrons. The Morgan fingerprint density at radius 1 is 1.24 bits per heavy atom. The maximum absolute atomic E-state index is 12.2. The van der Waals surface area contributed by atoms with Crippen molar-refractivity contribution in [2.45, 2.75) is 26.7 Å². The number of benzene rings is 1. The van der Waals surface area contributed by atoms with E-state index in [4.69, 9.17) is 5.73 Å². The van der Waals surface area contributed by atoms with Gasteiger partial charge < -0.3 is 5.73 Å². The van der Waals surface area contributed by atoms with E-state index in [1.54, 1.807) is 18.2 Å². The number of hydrogen-bond donors (Lipinski definition) is 2. The number of rotatable bonds is 4. The number of nitrogens with one attached hydrogen (secondary N) is 1. The van der Waals surface area contributed by atoms with Gasteiger partial charge in [-0.1, -0.05) is 13.8 Å². The Morgan fingerprint density at radius 2 is 1.95 bits per heavy atom. The summed E-state index contributed by atoms with van der Waals surface area (Å²) in [5.41, 5.74) is 8.33. The van der Waals surface area contributed by atoms with Crippen molar-refractivity contribution in [3.8, 4) is 0 Å². The topological polar surface area (TPSA) is 93.8 Å². The van der Waals surface area contributed by atoms with Crippen LogP contribution in [0, 0.1) is 0 Å². The van der Waals surface area contributed by atoms with Crippen LogP contribution in [-0.2, 0) is 12.8 Å². The van der Waals surface area contributed by atoms with Crippen LogP contribution in [0.3, 0.4) is 0 Å². The molecule has 0 spiro atoms. The lowest BCUT2D eigenvalue weighted by atomic mass is 10.2. The van der Waals surface area contributed by atoms with E-state index < -0.39 is 0 Å². The van der Waals surface area contributed by atoms with Crippen LogP contribution in [-0.4, -0.2) is 21.1 Å². The molecule has 7 heteroatoms. The van der Waals surface area contributed by atoms with E-state index >= 15 is 0 Å². The molecule has 1 aromatic carbocycles. The minimum absolute atomic E-state index is 0.198. The van der Waals surface area contributed by atoms with Gasteiger partial charge in [0, 0.05) is 10.2 Å². The van der Waals surface area contributed by atoms with Gasteiger partial charge in [-0.05, 0) is 47.0 Å². The molecular formula is C14H16BrN5O. The monoisotopic (exact) mass is 349 g/mol. The van der Waals surface area contributed by atoms with Crippen molar-refractivity contribution in [2.24, 2.45) is 0 Å². The fourth-order valence-electron chi connectivity index (χ4n) is 1.88. The number of amides is 1. The largest absolute Gasteiger partial charge is 0.399 e. The number of hydrogen-bond acceptors (Lipinski definition) is 5. The van der Waals surface area contributed by atoms with Crippen LogP contribution in [0.5, 0.6) is 0 Å². The average molecular weight is 350 g/mol. The molecule has 1 amide bonds. The number of carbonyl (C=O) groups excluding carboxylic acids is 1. The maximum atomic E-state index is 12.2. The van der Waals surface area contributed by atoms with Crippen molar-refractivity contribution < 1.29 is 4.79 Å². The van der Waals surface area contributed by atoms with E-state index in [0.717, 1.165) is 24.2 Å². The number of nitrogens with two attached hydrogens (primary N) is 1. The summed E-state index contributed by atoms with van der Waals surface area (Å²) in [5.74, 6) is -0.134. The molecule has 0 atom stereocenters. The van der Waals surface area contributed by atoms with Crippen LogP contribution in [0.25, 0.3) is 0 Å². The highest BCUT2D eigenvalue weighted by Crippen LogP contribution is 2.20. The van der Waals surface area contributed by atoms with Gasteiger partial charge >= 0.3 is 0 Å². The molecule has 2 rings (SSSR count). The average Bonchev–Trinajstić information content (AvgIpc) is 2.49. The van der Waals surface area contributed by atoms with Crippen LogP contribution < -0.4 is 11.1 Å². The Bertz CT molecular complexity index is 674. The highest BCUT2D eigenvalue weighted by atomic mass is 79.9. The third-order valence-corrected chi connectivity index (χ3v) is 3.66. The standard InChI is InChI=1S/C14H16BrN5O/c1-3-11-12(4-2)19-20-14(17-11)18-13(21)9-7-8(16)5-6-10(9)15/h5-7H,3-4,16H2,1-2H3,(H,17,18,20,21). The van der Waals surface area contributed by atoms with Crippen LogP contribution >= 0.6 is 15.9 Å². The van der Waals surface area contributed by atoms with Crippen molar-refractivity contribution in [1.82, 2.24) is 15.2 Å². The molecule has 1 heterocycles. The number of aryl methyl sites for hydroxylation is 2. The summed E-state index contributed by atoms with van der Waals surface area (Å²) >= 11 is 3.32. The first-order valence-corrected chi connectivity index (χ1v) is 7.43. The number of nitrogen functional groups attached to an aromatic ring is 1. The zero-order valence-corrected chi connectivity index (χ0v) is 13.4. The molecule has 0 saturated carbocycles. The van der Waals surface area contributed by atoms with Crippen molar-refractivity contribution in [3.05, 3.63) is 39.6 Å². The van der Waals surface area contributed by atoms with Gasteiger partial charge in [0.05, 0.1) is 17.0 Å². The first kappa shape index (κ1) is 15.4. The molecular weight excluding hydrogens is 334 g/mol. The van der Waals surface area contributed by atoms with Gasteiger partial charge in [0.1, 0.15) is 0 Å². The molecule has 0 aliphatic heterocycles. The Morgan fingerprint density at radius 3 is 2.62 bits per heavy atom. The summed E-state index contributed by atoms with van der Waals surface area (Å²) in [7, 11) is 0. The van der Waals surface area contributed by atoms with Crippen LogP contribution in [0.2, 0.25) is 0 Å². The number of halogens is 1. The maximum Gasteiger partial charge on any atom is 0.259 e. The second-order valence-corrected chi connectivity index (χ2v) is 5.28. The van der Waals surface area contributed by atoms with Gasteiger partial charge in [-0.3, -0.25) is 10.1 Å². The lowest BCUT2D eigenvalue weighted by Crippen LogP contribution is -2.17. The molecule has 0 saturated heterocycles. The molecule has 0 bridgehead atoms. The summed E-state index contributed by atoms with van der Waals surface area (Å²) in [6.07, 6.45) is 1.50. The van der Waals surface area contributed by atoms with E-state index in [9.17, 15) is 4.79 Å². The van der Waals surface area contributed by atoms with Gasteiger partial charge in [-0.25, -0.2) is 4.98 Å². The Kier molecular flexibility index (Phi) is 4.85. The molecule has 0 radical (unpaired) electrons. The van der Waals surface area contributed by atoms with Gasteiger partial charge in [0.15, 0.2) is 0 Å². The molecule has 0 fully saturated rings. The fourth-order valence-corrected chi connectivity index (χ4v) is 2.30. The minimum Gasteiger partial charge on any atom is -0.399 e. The Balaban J connectivity index is 2.25. The first-order chi connectivity index (χ1) is 10.0. The summed E-state index contributed by atoms with van der Waals surface area (Å²) in [6, 6.07) is 5.03. The van der Waals surface area contributed by atoms with Gasteiger partial charge in [0.2, 0.25) is 5.95 Å². The summed E-state index contributed by atoms with van der Waals surface area (Å²) in [5, 5.41) is 10.7. The molecule has 2 aromatic rings. The Labute approximate surface area is 131 Å². The lowest BCUT2D eigenvalue weighted by Gasteiger charge is -2.08. The van der Waals surface area contributed by atoms with Crippen molar-refractivity contribution in [1.29, 1.82) is 0 Å². The number of aromatic nitrogens is 3. The van der Waals surface area contributed by atoms with E-state index in [2.05, 4.69) is 36.4 Å².